The summed E-state index contributed by atoms with van der Waals surface area (Å²) in [5.41, 5.74) is 2.78. The summed E-state index contributed by atoms with van der Waals surface area (Å²) in [4.78, 5) is 11.6. The third kappa shape index (κ3) is 6.17. The molecule has 0 aliphatic rings. The van der Waals surface area contributed by atoms with Crippen LogP contribution in [0.3, 0.4) is 0 Å². The third-order valence-corrected chi connectivity index (χ3v) is 5.14. The van der Waals surface area contributed by atoms with Crippen LogP contribution in [0.2, 0.25) is 10.0 Å². The van der Waals surface area contributed by atoms with Gasteiger partial charge in [-0.25, -0.2) is 0 Å². The molecule has 2 aromatic carbocycles. The normalized spacial score (nSPS) is 13.1. The Morgan fingerprint density at radius 1 is 1.07 bits per heavy atom. The molecule has 6 heteroatoms. The van der Waals surface area contributed by atoms with Crippen LogP contribution >= 0.6 is 23.2 Å². The van der Waals surface area contributed by atoms with E-state index >= 15 is 0 Å². The second kappa shape index (κ2) is 10.1. The fourth-order valence-corrected chi connectivity index (χ4v) is 3.42. The highest BCUT2D eigenvalue weighted by Gasteiger charge is 2.10. The minimum Gasteiger partial charge on any atom is -0.339 e. The van der Waals surface area contributed by atoms with E-state index in [0.717, 1.165) is 47.4 Å². The molecule has 152 valence electrons. The molecule has 3 rings (SSSR count). The van der Waals surface area contributed by atoms with Gasteiger partial charge >= 0.3 is 0 Å². The number of nitrogens with zero attached hydrogens (tertiary/aromatic N) is 3. The van der Waals surface area contributed by atoms with Crippen LogP contribution in [0.15, 0.2) is 59.7 Å². The second-order valence-electron chi connectivity index (χ2n) is 7.42. The maximum Gasteiger partial charge on any atom is 0.133 e. The molecule has 29 heavy (non-hydrogen) atoms. The van der Waals surface area contributed by atoms with E-state index in [2.05, 4.69) is 36.2 Å². The van der Waals surface area contributed by atoms with E-state index in [-0.39, 0.29) is 6.04 Å². The van der Waals surface area contributed by atoms with Crippen molar-refractivity contribution in [3.8, 4) is 0 Å². The van der Waals surface area contributed by atoms with Crippen LogP contribution in [0.25, 0.3) is 10.9 Å². The quantitative estimate of drug-likeness (QED) is 0.363. The van der Waals surface area contributed by atoms with Gasteiger partial charge in [-0.15, -0.1) is 0 Å². The molecule has 4 nitrogen and oxygen atoms in total. The summed E-state index contributed by atoms with van der Waals surface area (Å²) < 4.78 is 0. The summed E-state index contributed by atoms with van der Waals surface area (Å²) in [5, 5.41) is 5.89. The number of halogens is 2. The lowest BCUT2D eigenvalue weighted by Gasteiger charge is -2.16. The van der Waals surface area contributed by atoms with Crippen molar-refractivity contribution in [3.63, 3.8) is 0 Å². The molecular weight excluding hydrogens is 403 g/mol. The zero-order chi connectivity index (χ0) is 20.8. The number of hydrogen-bond donors (Lipinski definition) is 1. The topological polar surface area (TPSA) is 40.5 Å². The van der Waals surface area contributed by atoms with Crippen molar-refractivity contribution in [3.05, 3.63) is 70.3 Å². The molecule has 0 aliphatic heterocycles. The van der Waals surface area contributed by atoms with E-state index in [1.54, 1.807) is 6.20 Å². The number of aromatic nitrogens is 1. The van der Waals surface area contributed by atoms with Gasteiger partial charge in [0.15, 0.2) is 0 Å². The van der Waals surface area contributed by atoms with Gasteiger partial charge in [0.05, 0.1) is 11.2 Å². The van der Waals surface area contributed by atoms with E-state index < -0.39 is 0 Å². The maximum absolute atomic E-state index is 6.13. The van der Waals surface area contributed by atoms with Crippen LogP contribution in [-0.4, -0.2) is 42.4 Å². The smallest absolute Gasteiger partial charge is 0.133 e. The van der Waals surface area contributed by atoms with Crippen molar-refractivity contribution in [2.75, 3.05) is 26.0 Å². The molecular formula is C23H26Cl2N4. The number of fused-ring (bicyclic) bond motifs is 1. The number of aliphatic imine (C=N–C) groups is 1. The summed E-state index contributed by atoms with van der Waals surface area (Å²) in [6, 6.07) is 15.6. The number of hydrogen-bond acceptors (Lipinski definition) is 3. The van der Waals surface area contributed by atoms with Crippen LogP contribution in [0, 0.1) is 0 Å². The van der Waals surface area contributed by atoms with Crippen LogP contribution in [-0.2, 0) is 0 Å². The van der Waals surface area contributed by atoms with Crippen molar-refractivity contribution >= 4 is 45.6 Å². The Morgan fingerprint density at radius 2 is 1.79 bits per heavy atom. The lowest BCUT2D eigenvalue weighted by molar-refractivity contribution is 0.387. The zero-order valence-corrected chi connectivity index (χ0v) is 18.5. The van der Waals surface area contributed by atoms with Crippen molar-refractivity contribution in [1.29, 1.82) is 0 Å². The number of nitrogens with one attached hydrogen (secondary N) is 1. The van der Waals surface area contributed by atoms with Gasteiger partial charge < -0.3 is 10.2 Å². The minimum atomic E-state index is 0.190. The number of benzene rings is 2. The molecule has 0 unspecified atom stereocenters. The fourth-order valence-electron chi connectivity index (χ4n) is 3.13. The molecule has 1 N–H and O–H groups in total. The van der Waals surface area contributed by atoms with Gasteiger partial charge in [0.1, 0.15) is 5.84 Å². The Balaban J connectivity index is 1.91. The molecule has 0 aliphatic carbocycles. The molecule has 0 fully saturated rings. The summed E-state index contributed by atoms with van der Waals surface area (Å²) >= 11 is 12.2. The Morgan fingerprint density at radius 3 is 2.52 bits per heavy atom. The monoisotopic (exact) mass is 428 g/mol. The van der Waals surface area contributed by atoms with E-state index in [1.807, 2.05) is 48.5 Å². The summed E-state index contributed by atoms with van der Waals surface area (Å²) in [6.45, 7) is 3.21. The number of anilines is 1. The molecule has 1 atom stereocenters. The Labute approximate surface area is 182 Å². The standard InChI is InChI=1S/C23H26Cl2N4/c1-16(5-4-14-29(2)3)27-23(17-6-8-18(24)9-7-17)28-21-12-13-26-22-15-19(25)10-11-20(21)22/h6-13,15-16H,4-5,14H2,1-3H3,(H,26,27,28)/t16-/m1/s1. The predicted octanol–water partition coefficient (Wildman–Crippen LogP) is 6.13. The van der Waals surface area contributed by atoms with E-state index in [0.29, 0.717) is 10.0 Å². The first kappa shape index (κ1) is 21.6. The molecule has 0 saturated heterocycles. The van der Waals surface area contributed by atoms with Crippen LogP contribution in [0.1, 0.15) is 25.3 Å². The molecule has 0 saturated carbocycles. The summed E-state index contributed by atoms with van der Waals surface area (Å²) in [6.07, 6.45) is 3.90. The highest BCUT2D eigenvalue weighted by Crippen LogP contribution is 2.25. The van der Waals surface area contributed by atoms with E-state index in [9.17, 15) is 0 Å². The molecule has 3 aromatic rings. The summed E-state index contributed by atoms with van der Waals surface area (Å²) in [5.74, 6) is 0.821. The predicted molar refractivity (Wildman–Crippen MR) is 126 cm³/mol. The lowest BCUT2D eigenvalue weighted by Crippen LogP contribution is -2.18. The maximum atomic E-state index is 6.13. The fraction of sp³-hybridized carbons (Fsp3) is 0.304. The van der Waals surface area contributed by atoms with E-state index in [1.165, 1.54) is 0 Å². The van der Waals surface area contributed by atoms with Crippen molar-refractivity contribution in [1.82, 2.24) is 9.88 Å². The molecule has 0 spiro atoms. The van der Waals surface area contributed by atoms with Crippen molar-refractivity contribution < 1.29 is 0 Å². The van der Waals surface area contributed by atoms with Crippen LogP contribution < -0.4 is 5.32 Å². The summed E-state index contributed by atoms with van der Waals surface area (Å²) in [7, 11) is 4.19. The molecule has 0 amide bonds. The van der Waals surface area contributed by atoms with Gasteiger partial charge in [0.2, 0.25) is 0 Å². The number of amidine groups is 1. The highest BCUT2D eigenvalue weighted by molar-refractivity contribution is 6.31. The average Bonchev–Trinajstić information content (AvgIpc) is 2.67. The first-order chi connectivity index (χ1) is 13.9. The largest absolute Gasteiger partial charge is 0.339 e. The van der Waals surface area contributed by atoms with Gasteiger partial charge in [-0.05, 0) is 88.9 Å². The Hall–Kier alpha value is -2.14. The zero-order valence-electron chi connectivity index (χ0n) is 17.0. The van der Waals surface area contributed by atoms with Crippen LogP contribution in [0.5, 0.6) is 0 Å². The number of pyridine rings is 1. The van der Waals surface area contributed by atoms with Crippen molar-refractivity contribution in [2.45, 2.75) is 25.8 Å². The molecule has 1 aromatic heterocycles. The van der Waals surface area contributed by atoms with Gasteiger partial charge in [0.25, 0.3) is 0 Å². The van der Waals surface area contributed by atoms with Crippen LogP contribution in [0.4, 0.5) is 5.69 Å². The third-order valence-electron chi connectivity index (χ3n) is 4.65. The van der Waals surface area contributed by atoms with Gasteiger partial charge in [-0.1, -0.05) is 23.2 Å². The molecule has 0 bridgehead atoms. The second-order valence-corrected chi connectivity index (χ2v) is 8.30. The average molecular weight is 429 g/mol. The Bertz CT molecular complexity index is 984. The molecule has 0 radical (unpaired) electrons. The first-order valence-corrected chi connectivity index (χ1v) is 10.5. The Kier molecular flexibility index (Phi) is 7.48. The van der Waals surface area contributed by atoms with Crippen molar-refractivity contribution in [2.24, 2.45) is 4.99 Å². The minimum absolute atomic E-state index is 0.190. The highest BCUT2D eigenvalue weighted by atomic mass is 35.5. The number of rotatable bonds is 7. The van der Waals surface area contributed by atoms with Gasteiger partial charge in [0, 0.05) is 33.2 Å². The lowest BCUT2D eigenvalue weighted by atomic mass is 10.1. The van der Waals surface area contributed by atoms with E-state index in [4.69, 9.17) is 28.2 Å². The first-order valence-electron chi connectivity index (χ1n) is 9.72. The SMILES string of the molecule is C[C@H](CCCN(C)C)N=C(Nc1ccnc2cc(Cl)ccc12)c1ccc(Cl)cc1. The molecule has 1 heterocycles. The van der Waals surface area contributed by atoms with Gasteiger partial charge in [-0.2, -0.15) is 0 Å². The van der Waals surface area contributed by atoms with Gasteiger partial charge in [-0.3, -0.25) is 9.98 Å².